The van der Waals surface area contributed by atoms with E-state index in [1.54, 1.807) is 42.5 Å². The highest BCUT2D eigenvalue weighted by Gasteiger charge is 2.26. The van der Waals surface area contributed by atoms with E-state index in [2.05, 4.69) is 0 Å². The first-order chi connectivity index (χ1) is 11.1. The first-order valence-electron chi connectivity index (χ1n) is 6.69. The smallest absolute Gasteiger partial charge is 0.321 e. The van der Waals surface area contributed by atoms with Crippen LogP contribution < -0.4 is 4.74 Å². The van der Waals surface area contributed by atoms with Crippen LogP contribution in [-0.4, -0.2) is 23.9 Å². The summed E-state index contributed by atoms with van der Waals surface area (Å²) in [5.74, 6) is -0.466. The fourth-order valence-electron chi connectivity index (χ4n) is 2.15. The second kappa shape index (κ2) is 7.60. The predicted molar refractivity (Wildman–Crippen MR) is 84.7 cm³/mol. The molecule has 0 aliphatic carbocycles. The lowest BCUT2D eigenvalue weighted by molar-refractivity contribution is -0.386. The minimum atomic E-state index is -0.946. The summed E-state index contributed by atoms with van der Waals surface area (Å²) in [4.78, 5) is 22.4. The molecule has 120 valence electrons. The molecule has 0 heterocycles. The number of ether oxygens (including phenoxy) is 2. The van der Waals surface area contributed by atoms with E-state index in [-0.39, 0.29) is 17.1 Å². The Morgan fingerprint density at radius 1 is 1.26 bits per heavy atom. The number of carbonyl (C=O) groups is 1. The molecule has 0 radical (unpaired) electrons. The van der Waals surface area contributed by atoms with Crippen LogP contribution >= 0.6 is 11.6 Å². The molecule has 0 spiro atoms. The zero-order chi connectivity index (χ0) is 16.8. The number of esters is 1. The van der Waals surface area contributed by atoms with Crippen molar-refractivity contribution in [2.75, 3.05) is 13.0 Å². The van der Waals surface area contributed by atoms with Crippen molar-refractivity contribution in [3.05, 3.63) is 69.8 Å². The van der Waals surface area contributed by atoms with Gasteiger partial charge in [0.25, 0.3) is 5.69 Å². The second-order valence-electron chi connectivity index (χ2n) is 4.60. The number of alkyl halides is 1. The van der Waals surface area contributed by atoms with E-state index in [1.807, 2.05) is 0 Å². The van der Waals surface area contributed by atoms with Crippen LogP contribution in [-0.2, 0) is 9.53 Å². The van der Waals surface area contributed by atoms with Crippen LogP contribution in [0.25, 0.3) is 0 Å². The van der Waals surface area contributed by atoms with Gasteiger partial charge in [-0.05, 0) is 18.2 Å². The van der Waals surface area contributed by atoms with Gasteiger partial charge in [-0.25, -0.2) is 0 Å². The average molecular weight is 336 g/mol. The molecular weight excluding hydrogens is 322 g/mol. The first-order valence-corrected chi connectivity index (χ1v) is 7.23. The summed E-state index contributed by atoms with van der Waals surface area (Å²) in [7, 11) is 1.50. The standard InChI is InChI=1S/C16H14ClNO5/c1-22-12-6-4-5-11(9-12)16(23-15(19)10-17)13-7-2-3-8-14(13)18(20)21/h2-9,16H,10H2,1H3. The van der Waals surface area contributed by atoms with Crippen molar-refractivity contribution in [3.8, 4) is 5.75 Å². The third kappa shape index (κ3) is 3.98. The lowest BCUT2D eigenvalue weighted by Crippen LogP contribution is -2.15. The molecule has 0 N–H and O–H groups in total. The molecule has 0 bridgehead atoms. The highest BCUT2D eigenvalue weighted by Crippen LogP contribution is 2.34. The Balaban J connectivity index is 2.54. The second-order valence-corrected chi connectivity index (χ2v) is 4.86. The molecule has 0 saturated carbocycles. The van der Waals surface area contributed by atoms with Crippen LogP contribution in [0.4, 0.5) is 5.69 Å². The molecule has 0 saturated heterocycles. The number of nitro benzene ring substituents is 1. The Bertz CT molecular complexity index is 719. The van der Waals surface area contributed by atoms with E-state index >= 15 is 0 Å². The van der Waals surface area contributed by atoms with Gasteiger partial charge in [0.1, 0.15) is 11.6 Å². The number of hydrogen-bond donors (Lipinski definition) is 0. The van der Waals surface area contributed by atoms with E-state index in [0.29, 0.717) is 11.3 Å². The van der Waals surface area contributed by atoms with E-state index in [9.17, 15) is 14.9 Å². The van der Waals surface area contributed by atoms with Gasteiger partial charge in [0, 0.05) is 11.6 Å². The summed E-state index contributed by atoms with van der Waals surface area (Å²) in [5, 5.41) is 11.3. The SMILES string of the molecule is COc1cccc(C(OC(=O)CCl)c2ccccc2[N+](=O)[O-])c1. The zero-order valence-corrected chi connectivity index (χ0v) is 13.0. The van der Waals surface area contributed by atoms with Gasteiger partial charge in [0.05, 0.1) is 17.6 Å². The van der Waals surface area contributed by atoms with E-state index in [1.165, 1.54) is 13.2 Å². The maximum atomic E-state index is 11.6. The minimum Gasteiger partial charge on any atom is -0.497 e. The fourth-order valence-corrected chi connectivity index (χ4v) is 2.22. The predicted octanol–water partition coefficient (Wildman–Crippen LogP) is 3.47. The van der Waals surface area contributed by atoms with Gasteiger partial charge in [-0.1, -0.05) is 24.3 Å². The van der Waals surface area contributed by atoms with Gasteiger partial charge < -0.3 is 9.47 Å². The van der Waals surface area contributed by atoms with Gasteiger partial charge in [-0.3, -0.25) is 14.9 Å². The topological polar surface area (TPSA) is 78.7 Å². The molecule has 0 aliphatic rings. The molecule has 0 aromatic heterocycles. The van der Waals surface area contributed by atoms with E-state index in [4.69, 9.17) is 21.1 Å². The van der Waals surface area contributed by atoms with Crippen molar-refractivity contribution < 1.29 is 19.2 Å². The number of rotatable bonds is 6. The molecule has 1 atom stereocenters. The van der Waals surface area contributed by atoms with Gasteiger partial charge in [0.2, 0.25) is 0 Å². The fraction of sp³-hybridized carbons (Fsp3) is 0.188. The Kier molecular flexibility index (Phi) is 5.54. The normalized spacial score (nSPS) is 11.6. The average Bonchev–Trinajstić information content (AvgIpc) is 2.59. The number of halogens is 1. The van der Waals surface area contributed by atoms with Crippen molar-refractivity contribution >= 4 is 23.3 Å². The molecule has 6 nitrogen and oxygen atoms in total. The van der Waals surface area contributed by atoms with E-state index in [0.717, 1.165) is 0 Å². The highest BCUT2D eigenvalue weighted by molar-refractivity contribution is 6.26. The Morgan fingerprint density at radius 2 is 2.00 bits per heavy atom. The summed E-state index contributed by atoms with van der Waals surface area (Å²) in [6.45, 7) is 0. The molecule has 7 heteroatoms. The van der Waals surface area contributed by atoms with Crippen molar-refractivity contribution in [1.82, 2.24) is 0 Å². The number of carbonyl (C=O) groups excluding carboxylic acids is 1. The first kappa shape index (κ1) is 16.8. The molecule has 23 heavy (non-hydrogen) atoms. The quantitative estimate of drug-likeness (QED) is 0.349. The highest BCUT2D eigenvalue weighted by atomic mass is 35.5. The molecule has 1 unspecified atom stereocenters. The Morgan fingerprint density at radius 3 is 2.65 bits per heavy atom. The number of methoxy groups -OCH3 is 1. The van der Waals surface area contributed by atoms with Gasteiger partial charge in [0.15, 0.2) is 6.10 Å². The lowest BCUT2D eigenvalue weighted by atomic mass is 9.99. The third-order valence-corrected chi connectivity index (χ3v) is 3.39. The van der Waals surface area contributed by atoms with Crippen molar-refractivity contribution in [3.63, 3.8) is 0 Å². The van der Waals surface area contributed by atoms with Crippen molar-refractivity contribution in [2.24, 2.45) is 0 Å². The molecular formula is C16H14ClNO5. The lowest BCUT2D eigenvalue weighted by Gasteiger charge is -2.19. The van der Waals surface area contributed by atoms with Crippen LogP contribution in [0, 0.1) is 10.1 Å². The summed E-state index contributed by atoms with van der Waals surface area (Å²) in [5.41, 5.74) is 0.684. The largest absolute Gasteiger partial charge is 0.497 e. The molecule has 2 rings (SSSR count). The number of nitrogens with zero attached hydrogens (tertiary/aromatic N) is 1. The molecule has 2 aromatic carbocycles. The van der Waals surface area contributed by atoms with Gasteiger partial charge >= 0.3 is 5.97 Å². The summed E-state index contributed by atoms with van der Waals surface area (Å²) in [6.07, 6.45) is -0.946. The van der Waals surface area contributed by atoms with Crippen LogP contribution in [0.1, 0.15) is 17.2 Å². The summed E-state index contributed by atoms with van der Waals surface area (Å²) >= 11 is 5.50. The number of benzene rings is 2. The number of nitro groups is 1. The summed E-state index contributed by atoms with van der Waals surface area (Å²) < 4.78 is 10.5. The van der Waals surface area contributed by atoms with Crippen molar-refractivity contribution in [2.45, 2.75) is 6.10 Å². The molecule has 0 aliphatic heterocycles. The maximum Gasteiger partial charge on any atom is 0.321 e. The Labute approximate surface area is 137 Å². The van der Waals surface area contributed by atoms with Crippen LogP contribution in [0.3, 0.4) is 0 Å². The van der Waals surface area contributed by atoms with Crippen molar-refractivity contribution in [1.29, 1.82) is 0 Å². The molecule has 2 aromatic rings. The van der Waals surface area contributed by atoms with Gasteiger partial charge in [-0.15, -0.1) is 11.6 Å². The van der Waals surface area contributed by atoms with Crippen LogP contribution in [0.2, 0.25) is 0 Å². The molecule has 0 fully saturated rings. The summed E-state index contributed by atoms with van der Waals surface area (Å²) in [6, 6.07) is 12.9. The number of hydrogen-bond acceptors (Lipinski definition) is 5. The van der Waals surface area contributed by atoms with Crippen LogP contribution in [0.15, 0.2) is 48.5 Å². The monoisotopic (exact) mass is 335 g/mol. The van der Waals surface area contributed by atoms with Gasteiger partial charge in [-0.2, -0.15) is 0 Å². The zero-order valence-electron chi connectivity index (χ0n) is 12.3. The third-order valence-electron chi connectivity index (χ3n) is 3.17. The maximum absolute atomic E-state index is 11.6. The molecule has 0 amide bonds. The van der Waals surface area contributed by atoms with E-state index < -0.39 is 17.0 Å². The van der Waals surface area contributed by atoms with Crippen LogP contribution in [0.5, 0.6) is 5.75 Å². The number of para-hydroxylation sites is 1. The minimum absolute atomic E-state index is 0.136. The Hall–Kier alpha value is -2.60.